The molecule has 2 heterocycles. The first kappa shape index (κ1) is 25.4. The van der Waals surface area contributed by atoms with Crippen molar-refractivity contribution >= 4 is 17.8 Å². The lowest BCUT2D eigenvalue weighted by atomic mass is 9.91. The minimum atomic E-state index is -0.346. The number of hydrogen-bond acceptors (Lipinski definition) is 6. The highest BCUT2D eigenvalue weighted by atomic mass is 16.5. The van der Waals surface area contributed by atoms with Crippen LogP contribution in [-0.4, -0.2) is 58.4 Å². The van der Waals surface area contributed by atoms with Crippen LogP contribution < -0.4 is 10.6 Å². The Balaban J connectivity index is 1.54. The maximum atomic E-state index is 13.2. The summed E-state index contributed by atoms with van der Waals surface area (Å²) >= 11 is 0. The fraction of sp³-hybridized carbons (Fsp3) is 0.462. The fourth-order valence-corrected chi connectivity index (χ4v) is 5.08. The van der Waals surface area contributed by atoms with Gasteiger partial charge in [-0.1, -0.05) is 25.1 Å². The molecule has 1 aliphatic rings. The van der Waals surface area contributed by atoms with Crippen molar-refractivity contribution in [1.82, 2.24) is 24.9 Å². The number of ether oxygens (including phenoxy) is 2. The summed E-state index contributed by atoms with van der Waals surface area (Å²) in [4.78, 5) is 25.5. The van der Waals surface area contributed by atoms with Crippen molar-refractivity contribution in [3.05, 3.63) is 48.3 Å². The Morgan fingerprint density at radius 2 is 1.94 bits per heavy atom. The molecule has 4 atom stereocenters. The standard InChI is InChI=1S/C26H34N6O4/c1-16-11-18(21(15-35-4)25(33)36-5)12-22(16)28-26(34)29-24-17(2)23(19-13-27-31(3)14-19)30-32(24)20-9-7-6-8-10-20/h6-10,13-14,16,18,21-22H,11-12,15H2,1-5H3,(H2,28,29,34)/t16-,18+,21?,22-/m1/s1. The summed E-state index contributed by atoms with van der Waals surface area (Å²) in [5.74, 6) is 0.250. The number of methoxy groups -OCH3 is 2. The zero-order valence-electron chi connectivity index (χ0n) is 21.4. The van der Waals surface area contributed by atoms with E-state index in [0.717, 1.165) is 28.9 Å². The van der Waals surface area contributed by atoms with Crippen LogP contribution in [0.1, 0.15) is 25.3 Å². The lowest BCUT2D eigenvalue weighted by Gasteiger charge is -2.21. The van der Waals surface area contributed by atoms with Gasteiger partial charge in [-0.05, 0) is 43.7 Å². The SMILES string of the molecule is COCC(C(=O)OC)[C@H]1C[C@@H](C)[C@H](NC(=O)Nc2c(C)c(-c3cnn(C)c3)nn2-c2ccccc2)C1. The smallest absolute Gasteiger partial charge is 0.320 e. The number of amides is 2. The number of anilines is 1. The van der Waals surface area contributed by atoms with Crippen LogP contribution >= 0.6 is 0 Å². The number of aromatic nitrogens is 4. The third kappa shape index (κ3) is 5.28. The number of urea groups is 1. The van der Waals surface area contributed by atoms with Crippen LogP contribution in [0.15, 0.2) is 42.7 Å². The highest BCUT2D eigenvalue weighted by molar-refractivity contribution is 5.91. The van der Waals surface area contributed by atoms with E-state index in [-0.39, 0.29) is 35.8 Å². The predicted molar refractivity (Wildman–Crippen MR) is 136 cm³/mol. The number of hydrogen-bond donors (Lipinski definition) is 2. The second-order valence-corrected chi connectivity index (χ2v) is 9.47. The Hall–Kier alpha value is -3.66. The van der Waals surface area contributed by atoms with Gasteiger partial charge in [-0.3, -0.25) is 14.8 Å². The van der Waals surface area contributed by atoms with Gasteiger partial charge in [0.05, 0.1) is 31.5 Å². The zero-order chi connectivity index (χ0) is 25.8. The Labute approximate surface area is 211 Å². The van der Waals surface area contributed by atoms with Gasteiger partial charge in [-0.25, -0.2) is 9.48 Å². The minimum Gasteiger partial charge on any atom is -0.469 e. The van der Waals surface area contributed by atoms with Crippen molar-refractivity contribution in [3.8, 4) is 16.9 Å². The third-order valence-electron chi connectivity index (χ3n) is 6.99. The van der Waals surface area contributed by atoms with E-state index in [4.69, 9.17) is 14.6 Å². The first-order valence-electron chi connectivity index (χ1n) is 12.1. The average molecular weight is 495 g/mol. The molecule has 10 nitrogen and oxygen atoms in total. The summed E-state index contributed by atoms with van der Waals surface area (Å²) in [5, 5.41) is 15.2. The van der Waals surface area contributed by atoms with E-state index in [0.29, 0.717) is 18.8 Å². The number of nitrogens with zero attached hydrogens (tertiary/aromatic N) is 4. The van der Waals surface area contributed by atoms with E-state index >= 15 is 0 Å². The molecule has 2 amide bonds. The van der Waals surface area contributed by atoms with Gasteiger partial charge in [0.25, 0.3) is 0 Å². The van der Waals surface area contributed by atoms with E-state index in [1.165, 1.54) is 7.11 Å². The second kappa shape index (κ2) is 10.9. The zero-order valence-corrected chi connectivity index (χ0v) is 21.4. The van der Waals surface area contributed by atoms with Gasteiger partial charge in [-0.15, -0.1) is 0 Å². The maximum absolute atomic E-state index is 13.2. The van der Waals surface area contributed by atoms with Crippen molar-refractivity contribution in [2.24, 2.45) is 24.8 Å². The number of carbonyl (C=O) groups is 2. The average Bonchev–Trinajstić information content (AvgIpc) is 3.55. The Morgan fingerprint density at radius 1 is 1.19 bits per heavy atom. The molecule has 0 bridgehead atoms. The van der Waals surface area contributed by atoms with Gasteiger partial charge in [-0.2, -0.15) is 10.2 Å². The minimum absolute atomic E-state index is 0.0754. The molecule has 10 heteroatoms. The van der Waals surface area contributed by atoms with Crippen molar-refractivity contribution in [2.45, 2.75) is 32.7 Å². The molecule has 36 heavy (non-hydrogen) atoms. The fourth-order valence-electron chi connectivity index (χ4n) is 5.08. The van der Waals surface area contributed by atoms with E-state index in [9.17, 15) is 9.59 Å². The molecule has 2 aromatic heterocycles. The second-order valence-electron chi connectivity index (χ2n) is 9.47. The van der Waals surface area contributed by atoms with Gasteiger partial charge in [0, 0.05) is 37.5 Å². The van der Waals surface area contributed by atoms with Crippen LogP contribution in [0.3, 0.4) is 0 Å². The van der Waals surface area contributed by atoms with Gasteiger partial charge >= 0.3 is 12.0 Å². The van der Waals surface area contributed by atoms with Crippen molar-refractivity contribution in [1.29, 1.82) is 0 Å². The molecule has 1 aromatic carbocycles. The molecular weight excluding hydrogens is 460 g/mol. The van der Waals surface area contributed by atoms with Gasteiger partial charge in [0.15, 0.2) is 0 Å². The molecule has 3 aromatic rings. The van der Waals surface area contributed by atoms with Crippen LogP contribution in [0.5, 0.6) is 0 Å². The quantitative estimate of drug-likeness (QED) is 0.463. The first-order valence-corrected chi connectivity index (χ1v) is 12.1. The number of benzene rings is 1. The van der Waals surface area contributed by atoms with Crippen LogP contribution in [0, 0.1) is 24.7 Å². The summed E-state index contributed by atoms with van der Waals surface area (Å²) in [6.45, 7) is 4.33. The molecule has 0 aliphatic heterocycles. The molecule has 2 N–H and O–H groups in total. The summed E-state index contributed by atoms with van der Waals surface area (Å²) in [6.07, 6.45) is 5.13. The van der Waals surface area contributed by atoms with E-state index in [1.807, 2.05) is 50.5 Å². The molecule has 1 fully saturated rings. The van der Waals surface area contributed by atoms with Gasteiger partial charge in [0.2, 0.25) is 0 Å². The molecule has 0 radical (unpaired) electrons. The first-order chi connectivity index (χ1) is 17.3. The van der Waals surface area contributed by atoms with Crippen LogP contribution in [0.4, 0.5) is 10.6 Å². The summed E-state index contributed by atoms with van der Waals surface area (Å²) < 4.78 is 13.7. The number of carbonyl (C=O) groups excluding carboxylic acids is 2. The maximum Gasteiger partial charge on any atom is 0.320 e. The van der Waals surface area contributed by atoms with E-state index in [2.05, 4.69) is 22.7 Å². The Morgan fingerprint density at radius 3 is 2.58 bits per heavy atom. The predicted octanol–water partition coefficient (Wildman–Crippen LogP) is 3.55. The van der Waals surface area contributed by atoms with Crippen molar-refractivity contribution in [3.63, 3.8) is 0 Å². The number of rotatable bonds is 8. The van der Waals surface area contributed by atoms with Crippen LogP contribution in [-0.2, 0) is 21.3 Å². The van der Waals surface area contributed by atoms with E-state index < -0.39 is 0 Å². The molecule has 4 rings (SSSR count). The molecule has 0 spiro atoms. The summed E-state index contributed by atoms with van der Waals surface area (Å²) in [7, 11) is 4.83. The molecule has 1 saturated carbocycles. The molecule has 1 unspecified atom stereocenters. The number of aryl methyl sites for hydroxylation is 1. The molecule has 0 saturated heterocycles. The third-order valence-corrected chi connectivity index (χ3v) is 6.99. The van der Waals surface area contributed by atoms with Crippen molar-refractivity contribution < 1.29 is 19.1 Å². The Kier molecular flexibility index (Phi) is 7.73. The van der Waals surface area contributed by atoms with E-state index in [1.54, 1.807) is 22.7 Å². The van der Waals surface area contributed by atoms with Crippen LogP contribution in [0.25, 0.3) is 16.9 Å². The van der Waals surface area contributed by atoms with Gasteiger partial charge in [0.1, 0.15) is 11.5 Å². The number of para-hydroxylation sites is 1. The summed E-state index contributed by atoms with van der Waals surface area (Å²) in [6, 6.07) is 9.28. The normalized spacial score (nSPS) is 20.2. The van der Waals surface area contributed by atoms with Crippen molar-refractivity contribution in [2.75, 3.05) is 26.1 Å². The van der Waals surface area contributed by atoms with Crippen LogP contribution in [0.2, 0.25) is 0 Å². The molecule has 192 valence electrons. The largest absolute Gasteiger partial charge is 0.469 e. The molecular formula is C26H34N6O4. The lowest BCUT2D eigenvalue weighted by Crippen LogP contribution is -2.40. The number of nitrogens with one attached hydrogen (secondary N) is 2. The highest BCUT2D eigenvalue weighted by Crippen LogP contribution is 2.37. The topological polar surface area (TPSA) is 112 Å². The van der Waals surface area contributed by atoms with Gasteiger partial charge < -0.3 is 14.8 Å². The summed E-state index contributed by atoms with van der Waals surface area (Å²) in [5.41, 5.74) is 3.29. The number of esters is 1. The highest BCUT2D eigenvalue weighted by Gasteiger charge is 2.40. The monoisotopic (exact) mass is 494 g/mol. The lowest BCUT2D eigenvalue weighted by molar-refractivity contribution is -0.149. The Bertz CT molecular complexity index is 1200. The molecule has 1 aliphatic carbocycles.